The normalized spacial score (nSPS) is 19.8. The fraction of sp³-hybridized carbons (Fsp3) is 0.364. The number of nitrogens with one attached hydrogen (secondary N) is 2. The van der Waals surface area contributed by atoms with Crippen LogP contribution in [0.15, 0.2) is 27.3 Å². The minimum absolute atomic E-state index is 0.0426. The number of nitrogens with zero attached hydrogens (tertiary/aromatic N) is 2. The summed E-state index contributed by atoms with van der Waals surface area (Å²) >= 11 is 0. The van der Waals surface area contributed by atoms with Crippen molar-refractivity contribution in [2.24, 2.45) is 0 Å². The predicted molar refractivity (Wildman–Crippen MR) is 60.5 cm³/mol. The number of furan rings is 1. The number of hydrogen-bond donors (Lipinski definition) is 2. The van der Waals surface area contributed by atoms with Gasteiger partial charge in [-0.1, -0.05) is 5.16 Å². The zero-order valence-electron chi connectivity index (χ0n) is 9.55. The summed E-state index contributed by atoms with van der Waals surface area (Å²) in [6, 6.07) is 3.19. The van der Waals surface area contributed by atoms with Gasteiger partial charge in [0, 0.05) is 13.1 Å². The monoisotopic (exact) mass is 248 g/mol. The lowest BCUT2D eigenvalue weighted by Gasteiger charge is -2.21. The van der Waals surface area contributed by atoms with Crippen LogP contribution in [0, 0.1) is 0 Å². The highest BCUT2D eigenvalue weighted by Crippen LogP contribution is 2.16. The summed E-state index contributed by atoms with van der Waals surface area (Å²) in [6.07, 6.45) is 1.92. The van der Waals surface area contributed by atoms with Crippen molar-refractivity contribution >= 4 is 5.91 Å². The first-order valence-electron chi connectivity index (χ1n) is 5.70. The molecule has 94 valence electrons. The third kappa shape index (κ3) is 2.12. The quantitative estimate of drug-likeness (QED) is 0.791. The number of aromatic nitrogens is 2. The molecule has 7 nitrogen and oxygen atoms in total. The first kappa shape index (κ1) is 11.0. The Balaban J connectivity index is 1.72. The van der Waals surface area contributed by atoms with Crippen molar-refractivity contribution in [1.29, 1.82) is 0 Å². The standard InChI is InChI=1S/C11H12N4O3/c16-11-7(12-3-4-13-11)6-9-14-10(15-18-9)8-2-1-5-17-8/h1-2,5,7,12H,3-4,6H2,(H,13,16). The second-order valence-corrected chi connectivity index (χ2v) is 3.99. The molecule has 1 amide bonds. The molecule has 1 unspecified atom stereocenters. The summed E-state index contributed by atoms with van der Waals surface area (Å²) in [5.41, 5.74) is 0. The van der Waals surface area contributed by atoms with Gasteiger partial charge in [-0.25, -0.2) is 0 Å². The highest BCUT2D eigenvalue weighted by atomic mass is 16.5. The average molecular weight is 248 g/mol. The van der Waals surface area contributed by atoms with E-state index in [1.165, 1.54) is 0 Å². The lowest BCUT2D eigenvalue weighted by molar-refractivity contribution is -0.124. The molecule has 0 aliphatic carbocycles. The number of rotatable bonds is 3. The Labute approximate surface area is 103 Å². The number of hydrogen-bond acceptors (Lipinski definition) is 6. The van der Waals surface area contributed by atoms with Crippen molar-refractivity contribution in [3.8, 4) is 11.6 Å². The lowest BCUT2D eigenvalue weighted by atomic mass is 10.1. The molecule has 0 radical (unpaired) electrons. The van der Waals surface area contributed by atoms with E-state index in [0.717, 1.165) is 6.54 Å². The van der Waals surface area contributed by atoms with E-state index in [2.05, 4.69) is 20.8 Å². The highest BCUT2D eigenvalue weighted by molar-refractivity contribution is 5.82. The van der Waals surface area contributed by atoms with Crippen LogP contribution >= 0.6 is 0 Å². The SMILES string of the molecule is O=C1NCCNC1Cc1nc(-c2ccco2)no1. The van der Waals surface area contributed by atoms with Crippen LogP contribution in [0.1, 0.15) is 5.89 Å². The average Bonchev–Trinajstić information content (AvgIpc) is 3.02. The molecule has 1 fully saturated rings. The van der Waals surface area contributed by atoms with Gasteiger partial charge in [-0.3, -0.25) is 4.79 Å². The van der Waals surface area contributed by atoms with Gasteiger partial charge in [0.2, 0.25) is 17.6 Å². The molecule has 2 aromatic heterocycles. The molecule has 1 aliphatic rings. The molecule has 3 heterocycles. The fourth-order valence-electron chi connectivity index (χ4n) is 1.83. The third-order valence-corrected chi connectivity index (χ3v) is 2.72. The minimum atomic E-state index is -0.316. The first-order chi connectivity index (χ1) is 8.83. The topological polar surface area (TPSA) is 93.2 Å². The van der Waals surface area contributed by atoms with Crippen molar-refractivity contribution in [2.45, 2.75) is 12.5 Å². The molecule has 3 rings (SSSR count). The Kier molecular flexibility index (Phi) is 2.81. The molecule has 1 saturated heterocycles. The second-order valence-electron chi connectivity index (χ2n) is 3.99. The number of amides is 1. The van der Waals surface area contributed by atoms with Crippen LogP contribution in [0.5, 0.6) is 0 Å². The van der Waals surface area contributed by atoms with Crippen molar-refractivity contribution in [2.75, 3.05) is 13.1 Å². The van der Waals surface area contributed by atoms with Crippen LogP contribution < -0.4 is 10.6 Å². The number of carbonyl (C=O) groups excluding carboxylic acids is 1. The van der Waals surface area contributed by atoms with Gasteiger partial charge < -0.3 is 19.6 Å². The van der Waals surface area contributed by atoms with E-state index in [9.17, 15) is 4.79 Å². The Morgan fingerprint density at radius 2 is 2.39 bits per heavy atom. The molecule has 0 spiro atoms. The van der Waals surface area contributed by atoms with E-state index >= 15 is 0 Å². The van der Waals surface area contributed by atoms with E-state index in [4.69, 9.17) is 8.94 Å². The molecular formula is C11H12N4O3. The summed E-state index contributed by atoms with van der Waals surface area (Å²) in [5.74, 6) is 1.31. The van der Waals surface area contributed by atoms with Crippen LogP contribution in [0.25, 0.3) is 11.6 Å². The molecular weight excluding hydrogens is 236 g/mol. The molecule has 0 aromatic carbocycles. The van der Waals surface area contributed by atoms with Crippen molar-refractivity contribution < 1.29 is 13.7 Å². The van der Waals surface area contributed by atoms with Crippen LogP contribution in [0.3, 0.4) is 0 Å². The van der Waals surface area contributed by atoms with E-state index in [0.29, 0.717) is 30.4 Å². The maximum atomic E-state index is 11.6. The summed E-state index contributed by atoms with van der Waals surface area (Å²) in [4.78, 5) is 15.7. The van der Waals surface area contributed by atoms with E-state index in [-0.39, 0.29) is 11.9 Å². The van der Waals surface area contributed by atoms with Gasteiger partial charge in [-0.15, -0.1) is 0 Å². The van der Waals surface area contributed by atoms with Crippen LogP contribution in [-0.2, 0) is 11.2 Å². The molecule has 18 heavy (non-hydrogen) atoms. The summed E-state index contributed by atoms with van der Waals surface area (Å²) in [5, 5.41) is 9.68. The van der Waals surface area contributed by atoms with E-state index in [1.54, 1.807) is 18.4 Å². The van der Waals surface area contributed by atoms with Gasteiger partial charge in [0.1, 0.15) is 0 Å². The van der Waals surface area contributed by atoms with Gasteiger partial charge >= 0.3 is 0 Å². The summed E-state index contributed by atoms with van der Waals surface area (Å²) in [6.45, 7) is 1.40. The Hall–Kier alpha value is -2.15. The molecule has 0 saturated carbocycles. The van der Waals surface area contributed by atoms with Crippen molar-refractivity contribution in [1.82, 2.24) is 20.8 Å². The summed E-state index contributed by atoms with van der Waals surface area (Å²) < 4.78 is 10.3. The Bertz CT molecular complexity index is 534. The number of piperazine rings is 1. The molecule has 0 bridgehead atoms. The maximum Gasteiger partial charge on any atom is 0.238 e. The smallest absolute Gasteiger partial charge is 0.238 e. The van der Waals surface area contributed by atoms with E-state index < -0.39 is 0 Å². The molecule has 2 aromatic rings. The molecule has 7 heteroatoms. The molecule has 2 N–H and O–H groups in total. The van der Waals surface area contributed by atoms with E-state index in [1.807, 2.05) is 0 Å². The minimum Gasteiger partial charge on any atom is -0.461 e. The lowest BCUT2D eigenvalue weighted by Crippen LogP contribution is -2.53. The second kappa shape index (κ2) is 4.61. The van der Waals surface area contributed by atoms with Gasteiger partial charge in [-0.05, 0) is 12.1 Å². The van der Waals surface area contributed by atoms with Gasteiger partial charge in [0.25, 0.3) is 0 Å². The summed E-state index contributed by atoms with van der Waals surface area (Å²) in [7, 11) is 0. The predicted octanol–water partition coefficient (Wildman–Crippen LogP) is -0.0399. The highest BCUT2D eigenvalue weighted by Gasteiger charge is 2.24. The van der Waals surface area contributed by atoms with Gasteiger partial charge in [-0.2, -0.15) is 4.98 Å². The van der Waals surface area contributed by atoms with Gasteiger partial charge in [0.15, 0.2) is 5.76 Å². The van der Waals surface area contributed by atoms with Crippen molar-refractivity contribution in [3.05, 3.63) is 24.3 Å². The largest absolute Gasteiger partial charge is 0.461 e. The van der Waals surface area contributed by atoms with Gasteiger partial charge in [0.05, 0.1) is 18.7 Å². The molecule has 1 aliphatic heterocycles. The maximum absolute atomic E-state index is 11.6. The van der Waals surface area contributed by atoms with Crippen LogP contribution in [-0.4, -0.2) is 35.2 Å². The Morgan fingerprint density at radius 3 is 3.17 bits per heavy atom. The van der Waals surface area contributed by atoms with Crippen LogP contribution in [0.2, 0.25) is 0 Å². The third-order valence-electron chi connectivity index (χ3n) is 2.72. The number of carbonyl (C=O) groups is 1. The zero-order valence-corrected chi connectivity index (χ0v) is 9.55. The zero-order chi connectivity index (χ0) is 12.4. The molecule has 1 atom stereocenters. The van der Waals surface area contributed by atoms with Crippen molar-refractivity contribution in [3.63, 3.8) is 0 Å². The Morgan fingerprint density at radius 1 is 1.44 bits per heavy atom. The fourth-order valence-corrected chi connectivity index (χ4v) is 1.83. The van der Waals surface area contributed by atoms with Crippen LogP contribution in [0.4, 0.5) is 0 Å². The first-order valence-corrected chi connectivity index (χ1v) is 5.70.